The molecule has 0 bridgehead atoms. The predicted molar refractivity (Wildman–Crippen MR) is 69.3 cm³/mol. The predicted octanol–water partition coefficient (Wildman–Crippen LogP) is 1.69. The third kappa shape index (κ3) is 2.44. The highest BCUT2D eigenvalue weighted by Crippen LogP contribution is 2.22. The summed E-state index contributed by atoms with van der Waals surface area (Å²) in [6, 6.07) is 6.19. The van der Waals surface area contributed by atoms with E-state index < -0.39 is 11.4 Å². The van der Waals surface area contributed by atoms with Gasteiger partial charge in [0.2, 0.25) is 0 Å². The summed E-state index contributed by atoms with van der Waals surface area (Å²) in [5.41, 5.74) is -0.481. The van der Waals surface area contributed by atoms with E-state index in [9.17, 15) is 9.18 Å². The van der Waals surface area contributed by atoms with Crippen molar-refractivity contribution in [3.63, 3.8) is 0 Å². The second-order valence-corrected chi connectivity index (χ2v) is 5.11. The summed E-state index contributed by atoms with van der Waals surface area (Å²) in [5, 5.41) is 3.25. The van der Waals surface area contributed by atoms with Gasteiger partial charge in [-0.25, -0.2) is 4.39 Å². The van der Waals surface area contributed by atoms with E-state index in [1.54, 1.807) is 18.2 Å². The molecule has 1 aliphatic heterocycles. The van der Waals surface area contributed by atoms with E-state index in [1.807, 2.05) is 13.8 Å². The number of nitrogens with one attached hydrogen (secondary N) is 1. The lowest BCUT2D eigenvalue weighted by atomic mass is 9.90. The van der Waals surface area contributed by atoms with Gasteiger partial charge in [0, 0.05) is 26.2 Å². The Kier molecular flexibility index (Phi) is 3.78. The van der Waals surface area contributed by atoms with Gasteiger partial charge in [0.25, 0.3) is 0 Å². The van der Waals surface area contributed by atoms with Crippen LogP contribution in [0.2, 0.25) is 0 Å². The van der Waals surface area contributed by atoms with Crippen molar-refractivity contribution in [1.82, 2.24) is 10.2 Å². The maximum atomic E-state index is 13.7. The Morgan fingerprint density at radius 3 is 2.50 bits per heavy atom. The van der Waals surface area contributed by atoms with E-state index >= 15 is 0 Å². The molecule has 0 spiro atoms. The molecule has 1 N–H and O–H groups in total. The second-order valence-electron chi connectivity index (χ2n) is 5.11. The third-order valence-electron chi connectivity index (χ3n) is 3.58. The summed E-state index contributed by atoms with van der Waals surface area (Å²) in [6.07, 6.45) is 0. The molecule has 1 saturated heterocycles. The Balaban J connectivity index is 2.24. The molecule has 0 amide bonds. The maximum absolute atomic E-state index is 13.7. The first-order chi connectivity index (χ1) is 8.53. The minimum atomic E-state index is -0.662. The van der Waals surface area contributed by atoms with Crippen molar-refractivity contribution in [2.45, 2.75) is 19.4 Å². The fraction of sp³-hybridized carbons (Fsp3) is 0.500. The van der Waals surface area contributed by atoms with Gasteiger partial charge in [-0.2, -0.15) is 0 Å². The molecular weight excluding hydrogens is 231 g/mol. The van der Waals surface area contributed by atoms with E-state index in [2.05, 4.69) is 10.2 Å². The molecule has 18 heavy (non-hydrogen) atoms. The van der Waals surface area contributed by atoms with E-state index in [1.165, 1.54) is 6.07 Å². The zero-order chi connectivity index (χ0) is 13.2. The lowest BCUT2D eigenvalue weighted by Crippen LogP contribution is -2.57. The van der Waals surface area contributed by atoms with Crippen molar-refractivity contribution >= 4 is 5.78 Å². The number of carbonyl (C=O) groups is 1. The second kappa shape index (κ2) is 5.16. The Morgan fingerprint density at radius 2 is 1.89 bits per heavy atom. The van der Waals surface area contributed by atoms with Crippen molar-refractivity contribution in [3.8, 4) is 0 Å². The molecule has 1 aliphatic rings. The van der Waals surface area contributed by atoms with Crippen LogP contribution in [-0.4, -0.2) is 42.4 Å². The van der Waals surface area contributed by atoms with Crippen LogP contribution in [0.25, 0.3) is 0 Å². The van der Waals surface area contributed by atoms with Gasteiger partial charge in [-0.05, 0) is 26.0 Å². The molecule has 0 saturated carbocycles. The normalized spacial score (nSPS) is 17.7. The van der Waals surface area contributed by atoms with Crippen LogP contribution in [0.15, 0.2) is 24.3 Å². The molecule has 4 heteroatoms. The van der Waals surface area contributed by atoms with Gasteiger partial charge in [-0.15, -0.1) is 0 Å². The smallest absolute Gasteiger partial charge is 0.185 e. The van der Waals surface area contributed by atoms with Crippen molar-refractivity contribution in [1.29, 1.82) is 0 Å². The van der Waals surface area contributed by atoms with Gasteiger partial charge >= 0.3 is 0 Å². The van der Waals surface area contributed by atoms with E-state index in [-0.39, 0.29) is 11.3 Å². The summed E-state index contributed by atoms with van der Waals surface area (Å²) in [7, 11) is 0. The Hall–Kier alpha value is -1.26. The van der Waals surface area contributed by atoms with Gasteiger partial charge < -0.3 is 5.32 Å². The van der Waals surface area contributed by atoms with Gasteiger partial charge in [-0.3, -0.25) is 9.69 Å². The first kappa shape index (κ1) is 13.2. The standard InChI is InChI=1S/C14H19FN2O/c1-14(2,17-9-7-16-8-10-17)13(18)11-5-3-4-6-12(11)15/h3-6,16H,7-10H2,1-2H3. The molecule has 98 valence electrons. The summed E-state index contributed by atoms with van der Waals surface area (Å²) in [5.74, 6) is -0.590. The fourth-order valence-electron chi connectivity index (χ4n) is 2.34. The van der Waals surface area contributed by atoms with E-state index in [0.717, 1.165) is 26.2 Å². The number of Topliss-reactive ketones (excluding diaryl/α,β-unsaturated/α-hetero) is 1. The SMILES string of the molecule is CC(C)(C(=O)c1ccccc1F)N1CCNCC1. The van der Waals surface area contributed by atoms with Crippen LogP contribution in [-0.2, 0) is 0 Å². The quantitative estimate of drug-likeness (QED) is 0.829. The number of hydrogen-bond donors (Lipinski definition) is 1. The first-order valence-electron chi connectivity index (χ1n) is 6.28. The minimum Gasteiger partial charge on any atom is -0.314 e. The zero-order valence-electron chi connectivity index (χ0n) is 10.9. The Bertz CT molecular complexity index is 439. The Labute approximate surface area is 107 Å². The zero-order valence-corrected chi connectivity index (χ0v) is 10.9. The number of carbonyl (C=O) groups excluding carboxylic acids is 1. The van der Waals surface area contributed by atoms with Gasteiger partial charge in [0.05, 0.1) is 11.1 Å². The van der Waals surface area contributed by atoms with Crippen LogP contribution in [0.1, 0.15) is 24.2 Å². The number of rotatable bonds is 3. The molecule has 0 radical (unpaired) electrons. The molecular formula is C14H19FN2O. The average molecular weight is 250 g/mol. The summed E-state index contributed by atoms with van der Waals surface area (Å²) in [4.78, 5) is 14.6. The summed E-state index contributed by atoms with van der Waals surface area (Å²) < 4.78 is 13.7. The fourth-order valence-corrected chi connectivity index (χ4v) is 2.34. The lowest BCUT2D eigenvalue weighted by molar-refractivity contribution is 0.0598. The van der Waals surface area contributed by atoms with Crippen molar-refractivity contribution < 1.29 is 9.18 Å². The van der Waals surface area contributed by atoms with Crippen molar-refractivity contribution in [2.75, 3.05) is 26.2 Å². The number of ketones is 1. The third-order valence-corrected chi connectivity index (χ3v) is 3.58. The highest BCUT2D eigenvalue weighted by molar-refractivity contribution is 6.02. The molecule has 1 aromatic rings. The van der Waals surface area contributed by atoms with Gasteiger partial charge in [0.1, 0.15) is 5.82 Å². The van der Waals surface area contributed by atoms with Crippen molar-refractivity contribution in [2.24, 2.45) is 0 Å². The molecule has 3 nitrogen and oxygen atoms in total. The molecule has 0 aliphatic carbocycles. The lowest BCUT2D eigenvalue weighted by Gasteiger charge is -2.40. The molecule has 0 aromatic heterocycles. The monoisotopic (exact) mass is 250 g/mol. The number of piperazine rings is 1. The summed E-state index contributed by atoms with van der Waals surface area (Å²) in [6.45, 7) is 7.10. The van der Waals surface area contributed by atoms with Crippen molar-refractivity contribution in [3.05, 3.63) is 35.6 Å². The molecule has 1 aromatic carbocycles. The number of benzene rings is 1. The first-order valence-corrected chi connectivity index (χ1v) is 6.28. The topological polar surface area (TPSA) is 32.3 Å². The highest BCUT2D eigenvalue weighted by atomic mass is 19.1. The molecule has 1 fully saturated rings. The minimum absolute atomic E-state index is 0.150. The number of hydrogen-bond acceptors (Lipinski definition) is 3. The summed E-state index contributed by atoms with van der Waals surface area (Å²) >= 11 is 0. The largest absolute Gasteiger partial charge is 0.314 e. The van der Waals surface area contributed by atoms with Gasteiger partial charge in [0.15, 0.2) is 5.78 Å². The highest BCUT2D eigenvalue weighted by Gasteiger charge is 2.36. The molecule has 0 atom stereocenters. The molecule has 0 unspecified atom stereocenters. The molecule has 1 heterocycles. The van der Waals surface area contributed by atoms with E-state index in [0.29, 0.717) is 0 Å². The average Bonchev–Trinajstić information content (AvgIpc) is 2.39. The van der Waals surface area contributed by atoms with Crippen LogP contribution in [0.3, 0.4) is 0 Å². The molecule has 2 rings (SSSR count). The number of nitrogens with zero attached hydrogens (tertiary/aromatic N) is 1. The van der Waals surface area contributed by atoms with Crippen LogP contribution >= 0.6 is 0 Å². The van der Waals surface area contributed by atoms with Crippen LogP contribution in [0.4, 0.5) is 4.39 Å². The van der Waals surface area contributed by atoms with Crippen LogP contribution in [0, 0.1) is 5.82 Å². The van der Waals surface area contributed by atoms with E-state index in [4.69, 9.17) is 0 Å². The van der Waals surface area contributed by atoms with Crippen LogP contribution in [0.5, 0.6) is 0 Å². The van der Waals surface area contributed by atoms with Gasteiger partial charge in [-0.1, -0.05) is 12.1 Å². The maximum Gasteiger partial charge on any atom is 0.185 e. The van der Waals surface area contributed by atoms with Crippen LogP contribution < -0.4 is 5.32 Å². The Morgan fingerprint density at radius 1 is 1.28 bits per heavy atom. The number of halogens is 1.